The molecule has 1 aromatic heterocycles. The highest BCUT2D eigenvalue weighted by molar-refractivity contribution is 6.30. The largest absolute Gasteiger partial charge is 0.352 e. The first-order chi connectivity index (χ1) is 14.3. The lowest BCUT2D eigenvalue weighted by atomic mass is 10.2. The monoisotopic (exact) mass is 430 g/mol. The van der Waals surface area contributed by atoms with E-state index in [0.29, 0.717) is 22.7 Å². The van der Waals surface area contributed by atoms with Crippen LogP contribution < -0.4 is 16.6 Å². The number of carbonyl (C=O) groups is 1. The van der Waals surface area contributed by atoms with Crippen LogP contribution in [0.3, 0.4) is 0 Å². The van der Waals surface area contributed by atoms with Gasteiger partial charge in [0.2, 0.25) is 5.69 Å². The summed E-state index contributed by atoms with van der Waals surface area (Å²) in [6, 6.07) is 11.5. The van der Waals surface area contributed by atoms with Gasteiger partial charge in [0, 0.05) is 11.1 Å². The van der Waals surface area contributed by atoms with Gasteiger partial charge in [-0.2, -0.15) is 9.78 Å². The third-order valence-electron chi connectivity index (χ3n) is 4.59. The van der Waals surface area contributed by atoms with Crippen LogP contribution in [-0.2, 0) is 6.54 Å². The molecule has 2 aromatic carbocycles. The molecule has 1 unspecified atom stereocenters. The first-order valence-electron chi connectivity index (χ1n) is 9.35. The lowest BCUT2D eigenvalue weighted by Gasteiger charge is -2.14. The van der Waals surface area contributed by atoms with Gasteiger partial charge in [-0.15, -0.1) is 0 Å². The van der Waals surface area contributed by atoms with Crippen LogP contribution in [0.25, 0.3) is 5.69 Å². The summed E-state index contributed by atoms with van der Waals surface area (Å²) in [6.07, 6.45) is 0.659. The molecule has 0 saturated heterocycles. The number of nitrogens with zero attached hydrogens (tertiary/aromatic N) is 3. The van der Waals surface area contributed by atoms with E-state index in [1.807, 2.05) is 6.92 Å². The lowest BCUT2D eigenvalue weighted by molar-refractivity contribution is 0.0929. The third-order valence-corrected chi connectivity index (χ3v) is 4.84. The molecule has 1 N–H and O–H groups in total. The van der Waals surface area contributed by atoms with Crippen molar-refractivity contribution in [3.8, 4) is 5.69 Å². The molecule has 0 aliphatic rings. The molecule has 9 heteroatoms. The Morgan fingerprint density at radius 1 is 1.13 bits per heavy atom. The normalized spacial score (nSPS) is 11.9. The van der Waals surface area contributed by atoms with Crippen molar-refractivity contribution in [3.63, 3.8) is 0 Å². The highest BCUT2D eigenvalue weighted by Gasteiger charge is 2.21. The van der Waals surface area contributed by atoms with Crippen LogP contribution in [0.5, 0.6) is 0 Å². The molecule has 1 amide bonds. The molecule has 1 heterocycles. The van der Waals surface area contributed by atoms with E-state index in [-0.39, 0.29) is 12.6 Å². The van der Waals surface area contributed by atoms with Crippen LogP contribution in [0.1, 0.15) is 36.3 Å². The summed E-state index contributed by atoms with van der Waals surface area (Å²) in [5.74, 6) is -1.11. The predicted molar refractivity (Wildman–Crippen MR) is 112 cm³/mol. The molecule has 156 valence electrons. The van der Waals surface area contributed by atoms with Crippen molar-refractivity contribution < 1.29 is 9.18 Å². The van der Waals surface area contributed by atoms with E-state index in [1.165, 1.54) is 24.3 Å². The van der Waals surface area contributed by atoms with Gasteiger partial charge in [-0.05, 0) is 55.3 Å². The van der Waals surface area contributed by atoms with E-state index < -0.39 is 28.7 Å². The minimum Gasteiger partial charge on any atom is -0.348 e. The number of halogens is 2. The highest BCUT2D eigenvalue weighted by atomic mass is 35.5. The van der Waals surface area contributed by atoms with E-state index in [4.69, 9.17) is 11.6 Å². The van der Waals surface area contributed by atoms with Gasteiger partial charge in [0.25, 0.3) is 11.5 Å². The molecule has 0 spiro atoms. The first-order valence-corrected chi connectivity index (χ1v) is 9.73. The van der Waals surface area contributed by atoms with Crippen LogP contribution >= 0.6 is 11.6 Å². The second kappa shape index (κ2) is 9.04. The molecule has 7 nitrogen and oxygen atoms in total. The highest BCUT2D eigenvalue weighted by Crippen LogP contribution is 2.11. The maximum Gasteiger partial charge on any atom is 0.352 e. The fourth-order valence-corrected chi connectivity index (χ4v) is 2.84. The third kappa shape index (κ3) is 4.65. The number of benzene rings is 2. The summed E-state index contributed by atoms with van der Waals surface area (Å²) in [5.41, 5.74) is -1.10. The quantitative estimate of drug-likeness (QED) is 0.651. The van der Waals surface area contributed by atoms with E-state index in [0.717, 1.165) is 9.25 Å². The average molecular weight is 431 g/mol. The Morgan fingerprint density at radius 2 is 1.77 bits per heavy atom. The first kappa shape index (κ1) is 21.4. The van der Waals surface area contributed by atoms with E-state index in [2.05, 4.69) is 10.4 Å². The average Bonchev–Trinajstić information content (AvgIpc) is 2.73. The van der Waals surface area contributed by atoms with E-state index in [9.17, 15) is 18.8 Å². The topological polar surface area (TPSA) is 86.0 Å². The molecule has 1 atom stereocenters. The number of hydrogen-bond acceptors (Lipinski definition) is 4. The van der Waals surface area contributed by atoms with Crippen LogP contribution in [0, 0.1) is 5.82 Å². The van der Waals surface area contributed by atoms with Gasteiger partial charge in [-0.1, -0.05) is 30.7 Å². The molecule has 0 fully saturated rings. The van der Waals surface area contributed by atoms with Gasteiger partial charge in [0.15, 0.2) is 0 Å². The van der Waals surface area contributed by atoms with Crippen LogP contribution in [0.4, 0.5) is 4.39 Å². The van der Waals surface area contributed by atoms with Gasteiger partial charge in [0.1, 0.15) is 5.82 Å². The van der Waals surface area contributed by atoms with Crippen LogP contribution in [-0.4, -0.2) is 26.3 Å². The summed E-state index contributed by atoms with van der Waals surface area (Å²) >= 11 is 5.91. The zero-order valence-electron chi connectivity index (χ0n) is 16.4. The fourth-order valence-electron chi connectivity index (χ4n) is 2.71. The fraction of sp³-hybridized carbons (Fsp3) is 0.238. The summed E-state index contributed by atoms with van der Waals surface area (Å²) in [6.45, 7) is 3.54. The smallest absolute Gasteiger partial charge is 0.348 e. The van der Waals surface area contributed by atoms with Crippen molar-refractivity contribution >= 4 is 17.5 Å². The van der Waals surface area contributed by atoms with Crippen molar-refractivity contribution in [1.82, 2.24) is 19.7 Å². The molecule has 3 aromatic rings. The minimum absolute atomic E-state index is 0.141. The summed E-state index contributed by atoms with van der Waals surface area (Å²) in [7, 11) is 0. The van der Waals surface area contributed by atoms with Gasteiger partial charge < -0.3 is 5.32 Å². The molecular weight excluding hydrogens is 411 g/mol. The second-order valence-electron chi connectivity index (χ2n) is 6.82. The van der Waals surface area contributed by atoms with Crippen LogP contribution in [0.15, 0.2) is 58.1 Å². The molecule has 0 aliphatic carbocycles. The zero-order chi connectivity index (χ0) is 21.8. The van der Waals surface area contributed by atoms with E-state index >= 15 is 0 Å². The van der Waals surface area contributed by atoms with Gasteiger partial charge >= 0.3 is 5.69 Å². The Morgan fingerprint density at radius 3 is 2.37 bits per heavy atom. The van der Waals surface area contributed by atoms with Gasteiger partial charge in [-0.3, -0.25) is 14.2 Å². The number of carbonyl (C=O) groups excluding carboxylic acids is 1. The Labute approximate surface area is 176 Å². The molecule has 0 bridgehead atoms. The molecule has 3 rings (SSSR count). The molecule has 0 radical (unpaired) electrons. The Hall–Kier alpha value is -3.26. The maximum absolute atomic E-state index is 13.2. The number of amides is 1. The Balaban J connectivity index is 2.17. The molecule has 0 aliphatic heterocycles. The predicted octanol–water partition coefficient (Wildman–Crippen LogP) is 2.76. The number of aromatic nitrogens is 3. The number of nitrogens with one attached hydrogen (secondary N) is 1. The molecular formula is C21H20ClFN4O3. The van der Waals surface area contributed by atoms with Crippen molar-refractivity contribution in [2.75, 3.05) is 0 Å². The Bertz CT molecular complexity index is 1170. The standard InChI is InChI=1S/C21H20ClFN4O3/c1-3-13(2)24-19(28)18-20(29)26(12-14-4-8-16(23)9-5-14)21(30)27(25-18)17-10-6-15(22)7-11-17/h4-11,13H,3,12H2,1-2H3,(H,24,28). The number of hydrogen-bond donors (Lipinski definition) is 1. The Kier molecular flexibility index (Phi) is 6.47. The van der Waals surface area contributed by atoms with E-state index in [1.54, 1.807) is 31.2 Å². The number of rotatable bonds is 6. The molecule has 0 saturated carbocycles. The van der Waals surface area contributed by atoms with Crippen molar-refractivity contribution in [2.45, 2.75) is 32.9 Å². The van der Waals surface area contributed by atoms with Gasteiger partial charge in [-0.25, -0.2) is 9.18 Å². The minimum atomic E-state index is -0.824. The second-order valence-corrected chi connectivity index (χ2v) is 7.26. The van der Waals surface area contributed by atoms with Crippen molar-refractivity contribution in [2.24, 2.45) is 0 Å². The summed E-state index contributed by atoms with van der Waals surface area (Å²) in [5, 5.41) is 7.18. The summed E-state index contributed by atoms with van der Waals surface area (Å²) < 4.78 is 15.1. The zero-order valence-corrected chi connectivity index (χ0v) is 17.2. The lowest BCUT2D eigenvalue weighted by Crippen LogP contribution is -2.47. The van der Waals surface area contributed by atoms with Crippen LogP contribution in [0.2, 0.25) is 5.02 Å². The van der Waals surface area contributed by atoms with Gasteiger partial charge in [0.05, 0.1) is 12.2 Å². The van der Waals surface area contributed by atoms with Crippen molar-refractivity contribution in [3.05, 3.63) is 91.5 Å². The SMILES string of the molecule is CCC(C)NC(=O)c1nn(-c2ccc(Cl)cc2)c(=O)n(Cc2ccc(F)cc2)c1=O. The molecule has 30 heavy (non-hydrogen) atoms. The maximum atomic E-state index is 13.2. The van der Waals surface area contributed by atoms with Crippen molar-refractivity contribution in [1.29, 1.82) is 0 Å². The summed E-state index contributed by atoms with van der Waals surface area (Å²) in [4.78, 5) is 38.6.